The summed E-state index contributed by atoms with van der Waals surface area (Å²) in [5.74, 6) is -3.68. The van der Waals surface area contributed by atoms with E-state index in [0.717, 1.165) is 47.9 Å². The van der Waals surface area contributed by atoms with Crippen molar-refractivity contribution in [3.05, 3.63) is 94.5 Å². The van der Waals surface area contributed by atoms with Gasteiger partial charge in [0.05, 0.1) is 30.1 Å². The number of carboxylic acids is 1. The summed E-state index contributed by atoms with van der Waals surface area (Å²) in [5, 5.41) is 14.2. The van der Waals surface area contributed by atoms with Gasteiger partial charge in [0, 0.05) is 51.5 Å². The SMILES string of the molecule is CCC(C)[C@@H]([C@@H](CC)OC)N(C)C(=O)[C@@H](NC(=O)[C@H](C(C)C)N(C)C(=O)OC(C1c2ccccc2-c2ccccc21)N1[C@H]2C[C@H]2C[C@H]1[C@H](OC)[C@H](C)C(N)C(Cc1ccccc1Cl)C(=O)O)C(C)C. The van der Waals surface area contributed by atoms with Gasteiger partial charge in [-0.25, -0.2) is 4.79 Å². The van der Waals surface area contributed by atoms with Crippen molar-refractivity contribution in [2.24, 2.45) is 41.2 Å². The molecule has 4 N–H and O–H groups in total. The van der Waals surface area contributed by atoms with E-state index in [1.807, 2.05) is 84.0 Å². The van der Waals surface area contributed by atoms with Crippen LogP contribution in [0.3, 0.4) is 0 Å². The highest BCUT2D eigenvalue weighted by Crippen LogP contribution is 2.56. The van der Waals surface area contributed by atoms with E-state index in [9.17, 15) is 19.5 Å². The van der Waals surface area contributed by atoms with Gasteiger partial charge in [0.2, 0.25) is 11.8 Å². The topological polar surface area (TPSA) is 164 Å². The molecule has 378 valence electrons. The van der Waals surface area contributed by atoms with Gasteiger partial charge in [0.25, 0.3) is 0 Å². The van der Waals surface area contributed by atoms with Crippen LogP contribution in [0.15, 0.2) is 72.8 Å². The fourth-order valence-corrected chi connectivity index (χ4v) is 12.0. The Bertz CT molecular complexity index is 2210. The van der Waals surface area contributed by atoms with E-state index in [-0.39, 0.29) is 54.3 Å². The fraction of sp³-hybridized carbons (Fsp3) is 0.600. The number of likely N-dealkylation sites (N-methyl/N-ethyl adjacent to an activating group) is 2. The first-order valence-electron chi connectivity index (χ1n) is 25.1. The predicted molar refractivity (Wildman–Crippen MR) is 271 cm³/mol. The van der Waals surface area contributed by atoms with E-state index in [1.165, 1.54) is 4.90 Å². The second kappa shape index (κ2) is 23.1. The Morgan fingerprint density at radius 3 is 1.94 bits per heavy atom. The first-order chi connectivity index (χ1) is 32.8. The Labute approximate surface area is 415 Å². The molecule has 1 aliphatic heterocycles. The normalized spacial score (nSPS) is 21.9. The summed E-state index contributed by atoms with van der Waals surface area (Å²) in [6.07, 6.45) is 1.08. The van der Waals surface area contributed by atoms with Gasteiger partial charge in [-0.05, 0) is 89.2 Å². The molecule has 3 amide bonds. The van der Waals surface area contributed by atoms with E-state index >= 15 is 4.79 Å². The highest BCUT2D eigenvalue weighted by atomic mass is 35.5. The first-order valence-corrected chi connectivity index (χ1v) is 25.4. The van der Waals surface area contributed by atoms with Crippen molar-refractivity contribution >= 4 is 35.5 Å². The van der Waals surface area contributed by atoms with E-state index in [4.69, 9.17) is 31.5 Å². The molecule has 1 heterocycles. The third-order valence-electron chi connectivity index (χ3n) is 15.8. The lowest BCUT2D eigenvalue weighted by Crippen LogP contribution is -2.60. The molecule has 2 aliphatic carbocycles. The molecule has 13 atom stereocenters. The van der Waals surface area contributed by atoms with Crippen LogP contribution in [-0.2, 0) is 35.0 Å². The maximum atomic E-state index is 15.1. The highest BCUT2D eigenvalue weighted by Gasteiger charge is 2.60. The lowest BCUT2D eigenvalue weighted by Gasteiger charge is -2.44. The molecule has 1 saturated heterocycles. The molecular formula is C55H78ClN5O8. The van der Waals surface area contributed by atoms with Crippen molar-refractivity contribution < 1.29 is 38.5 Å². The predicted octanol–water partition coefficient (Wildman–Crippen LogP) is 8.70. The third kappa shape index (κ3) is 11.2. The summed E-state index contributed by atoms with van der Waals surface area (Å²) in [4.78, 5) is 62.6. The molecule has 0 spiro atoms. The zero-order valence-corrected chi connectivity index (χ0v) is 43.6. The second-order valence-electron chi connectivity index (χ2n) is 20.7. The zero-order valence-electron chi connectivity index (χ0n) is 42.8. The van der Waals surface area contributed by atoms with Crippen LogP contribution in [0.5, 0.6) is 0 Å². The van der Waals surface area contributed by atoms with Gasteiger partial charge in [-0.2, -0.15) is 0 Å². The Kier molecular flexibility index (Phi) is 18.0. The van der Waals surface area contributed by atoms with Crippen molar-refractivity contribution in [2.75, 3.05) is 28.3 Å². The molecule has 14 heteroatoms. The number of carbonyl (C=O) groups is 4. The Morgan fingerprint density at radius 1 is 0.826 bits per heavy atom. The molecule has 13 nitrogen and oxygen atoms in total. The number of ether oxygens (including phenoxy) is 3. The number of aliphatic carboxylic acids is 1. The van der Waals surface area contributed by atoms with Crippen LogP contribution in [0.2, 0.25) is 5.02 Å². The Hall–Kier alpha value is -4.53. The maximum Gasteiger partial charge on any atom is 0.411 e. The Morgan fingerprint density at radius 2 is 1.42 bits per heavy atom. The summed E-state index contributed by atoms with van der Waals surface area (Å²) >= 11 is 6.53. The average Bonchev–Trinajstić information content (AvgIpc) is 3.87. The molecule has 6 rings (SSSR count). The lowest BCUT2D eigenvalue weighted by atomic mass is 9.80. The molecule has 2 fully saturated rings. The zero-order chi connectivity index (χ0) is 50.6. The Balaban J connectivity index is 1.34. The lowest BCUT2D eigenvalue weighted by molar-refractivity contribution is -0.144. The molecule has 69 heavy (non-hydrogen) atoms. The molecule has 3 aliphatic rings. The number of amides is 3. The van der Waals surface area contributed by atoms with Crippen molar-refractivity contribution in [1.29, 1.82) is 0 Å². The van der Waals surface area contributed by atoms with Gasteiger partial charge >= 0.3 is 12.1 Å². The summed E-state index contributed by atoms with van der Waals surface area (Å²) in [7, 11) is 6.68. The summed E-state index contributed by atoms with van der Waals surface area (Å²) in [6, 6.07) is 20.5. The number of fused-ring (bicyclic) bond motifs is 4. The first kappa shape index (κ1) is 53.8. The van der Waals surface area contributed by atoms with E-state index < -0.39 is 66.2 Å². The van der Waals surface area contributed by atoms with Crippen LogP contribution in [-0.4, -0.2) is 127 Å². The van der Waals surface area contributed by atoms with Crippen LogP contribution in [0.4, 0.5) is 4.79 Å². The number of methoxy groups -OCH3 is 2. The van der Waals surface area contributed by atoms with Gasteiger partial charge in [0.1, 0.15) is 12.1 Å². The minimum atomic E-state index is -1.02. The molecule has 3 aromatic rings. The quantitative estimate of drug-likeness (QED) is 0.0838. The summed E-state index contributed by atoms with van der Waals surface area (Å²) in [6.45, 7) is 15.8. The maximum absolute atomic E-state index is 15.1. The third-order valence-corrected chi connectivity index (χ3v) is 16.1. The van der Waals surface area contributed by atoms with E-state index in [2.05, 4.69) is 48.3 Å². The smallest absolute Gasteiger partial charge is 0.411 e. The number of nitrogens with zero attached hydrogens (tertiary/aromatic N) is 3. The second-order valence-corrected chi connectivity index (χ2v) is 21.1. The van der Waals surface area contributed by atoms with Gasteiger partial charge in [-0.15, -0.1) is 0 Å². The van der Waals surface area contributed by atoms with Gasteiger partial charge < -0.3 is 35.3 Å². The van der Waals surface area contributed by atoms with Crippen LogP contribution in [0.1, 0.15) is 104 Å². The van der Waals surface area contributed by atoms with Crippen LogP contribution >= 0.6 is 11.6 Å². The monoisotopic (exact) mass is 972 g/mol. The van der Waals surface area contributed by atoms with Gasteiger partial charge in [0.15, 0.2) is 6.23 Å². The van der Waals surface area contributed by atoms with Crippen LogP contribution in [0.25, 0.3) is 11.1 Å². The van der Waals surface area contributed by atoms with Crippen LogP contribution < -0.4 is 11.1 Å². The van der Waals surface area contributed by atoms with E-state index in [1.54, 1.807) is 39.3 Å². The average molecular weight is 973 g/mol. The number of benzene rings is 3. The number of carbonyl (C=O) groups excluding carboxylic acids is 3. The van der Waals surface area contributed by atoms with Gasteiger partial charge in [-0.1, -0.05) is 140 Å². The van der Waals surface area contributed by atoms with Crippen molar-refractivity contribution in [3.8, 4) is 11.1 Å². The molecule has 4 unspecified atom stereocenters. The van der Waals surface area contributed by atoms with Crippen molar-refractivity contribution in [1.82, 2.24) is 20.0 Å². The minimum Gasteiger partial charge on any atom is -0.481 e. The summed E-state index contributed by atoms with van der Waals surface area (Å²) < 4.78 is 19.2. The number of nitrogens with one attached hydrogen (secondary N) is 1. The molecule has 1 saturated carbocycles. The number of likely N-dealkylation sites (tertiary alicyclic amines) is 1. The van der Waals surface area contributed by atoms with E-state index in [0.29, 0.717) is 16.5 Å². The van der Waals surface area contributed by atoms with Crippen LogP contribution in [0, 0.1) is 35.5 Å². The standard InChI is InChI=1S/C55H78ClN5O8/c1-13-32(7)49(44(14-2)67-11)59(9)52(63)47(30(3)4)58-51(62)48(31(5)6)60(10)55(66)69-53(45-38-24-18-16-22-36(38)37-23-17-19-25-39(37)45)61-42-28-35(42)29-43(61)50(68-12)33(8)46(57)40(54(64)65)27-34-21-15-20-26-41(34)56/h15-26,30-33,35,40,42-50,53H,13-14,27-29,57H2,1-12H3,(H,58,62)(H,64,65)/t32?,33-,35+,40?,42+,43+,44-,46?,47+,48+,49+,50-,53?/m1/s1. The molecule has 0 bridgehead atoms. The number of hydrogen-bond donors (Lipinski definition) is 3. The van der Waals surface area contributed by atoms with Gasteiger partial charge in [-0.3, -0.25) is 24.2 Å². The molecule has 3 aromatic carbocycles. The highest BCUT2D eigenvalue weighted by molar-refractivity contribution is 6.31. The number of nitrogens with two attached hydrogens (primary N) is 1. The number of halogens is 1. The summed E-state index contributed by atoms with van der Waals surface area (Å²) in [5.41, 5.74) is 11.8. The number of carboxylic acid groups (broad SMARTS) is 1. The number of piperidine rings is 1. The molecule has 0 aromatic heterocycles. The largest absolute Gasteiger partial charge is 0.481 e. The fourth-order valence-electron chi connectivity index (χ4n) is 11.7. The molecule has 0 radical (unpaired) electrons. The van der Waals surface area contributed by atoms with Crippen molar-refractivity contribution in [2.45, 2.75) is 148 Å². The number of hydrogen-bond acceptors (Lipinski definition) is 9. The number of rotatable bonds is 23. The van der Waals surface area contributed by atoms with Crippen molar-refractivity contribution in [3.63, 3.8) is 0 Å². The molecular weight excluding hydrogens is 894 g/mol. The minimum absolute atomic E-state index is 0.0566.